The zero-order valence-corrected chi connectivity index (χ0v) is 22.9. The van der Waals surface area contributed by atoms with Gasteiger partial charge in [0, 0.05) is 50.9 Å². The van der Waals surface area contributed by atoms with Crippen molar-refractivity contribution in [2.45, 2.75) is 40.2 Å². The number of amides is 1. The molecule has 2 aromatic carbocycles. The molecule has 1 amide bonds. The Balaban J connectivity index is 1.98. The minimum absolute atomic E-state index is 0.0179. The number of amidine groups is 2. The molecule has 4 N–H and O–H groups in total. The van der Waals surface area contributed by atoms with Crippen molar-refractivity contribution < 1.29 is 19.0 Å². The fourth-order valence-corrected chi connectivity index (χ4v) is 4.55. The molecule has 9 nitrogen and oxygen atoms in total. The Bertz CT molecular complexity index is 1180. The molecule has 1 aliphatic rings. The Labute approximate surface area is 224 Å². The summed E-state index contributed by atoms with van der Waals surface area (Å²) in [6, 6.07) is 7.50. The highest BCUT2D eigenvalue weighted by Crippen LogP contribution is 2.34. The number of phenolic OH excluding ortho intramolecular Hbond substituents is 1. The van der Waals surface area contributed by atoms with E-state index in [0.717, 1.165) is 43.2 Å². The standard InChI is InChI=1S/C28H39FN6O3/c1-6-32-28(37)27(31)35(26(30)22-15-21(18(3)4)25(38-5)16-24(22)36)20-9-8-19(23(29)14-20)17-34-12-10-33(7-2)11-13-34/h8-9,14-16,18,30-31,36H,6-7,10-13,17H2,1-5H3,(H,32,37). The first-order valence-corrected chi connectivity index (χ1v) is 13.0. The van der Waals surface area contributed by atoms with E-state index in [0.29, 0.717) is 17.9 Å². The predicted molar refractivity (Wildman–Crippen MR) is 148 cm³/mol. The van der Waals surface area contributed by atoms with E-state index in [9.17, 15) is 9.90 Å². The molecule has 0 bridgehead atoms. The van der Waals surface area contributed by atoms with Crippen LogP contribution in [0.5, 0.6) is 11.5 Å². The number of anilines is 1. The van der Waals surface area contributed by atoms with Crippen LogP contribution in [-0.2, 0) is 11.3 Å². The lowest BCUT2D eigenvalue weighted by atomic mass is 9.97. The van der Waals surface area contributed by atoms with Gasteiger partial charge in [0.1, 0.15) is 23.2 Å². The van der Waals surface area contributed by atoms with E-state index in [1.54, 1.807) is 25.1 Å². The summed E-state index contributed by atoms with van der Waals surface area (Å²) in [5.41, 5.74) is 1.50. The number of halogens is 1. The molecule has 38 heavy (non-hydrogen) atoms. The normalized spacial score (nSPS) is 14.4. The molecule has 0 unspecified atom stereocenters. The monoisotopic (exact) mass is 526 g/mol. The number of ether oxygens (including phenoxy) is 1. The van der Waals surface area contributed by atoms with Crippen LogP contribution in [0, 0.1) is 16.6 Å². The summed E-state index contributed by atoms with van der Waals surface area (Å²) >= 11 is 0. The lowest BCUT2D eigenvalue weighted by Gasteiger charge is -2.34. The van der Waals surface area contributed by atoms with Crippen LogP contribution >= 0.6 is 0 Å². The molecule has 0 saturated carbocycles. The highest BCUT2D eigenvalue weighted by atomic mass is 19.1. The third kappa shape index (κ3) is 6.49. The van der Waals surface area contributed by atoms with Crippen LogP contribution in [-0.4, -0.2) is 78.9 Å². The number of nitrogens with one attached hydrogen (secondary N) is 3. The van der Waals surface area contributed by atoms with Crippen molar-refractivity contribution >= 4 is 23.3 Å². The molecule has 1 fully saturated rings. The number of carbonyl (C=O) groups excluding carboxylic acids is 1. The molecule has 0 aliphatic carbocycles. The van der Waals surface area contributed by atoms with Gasteiger partial charge in [-0.3, -0.25) is 25.4 Å². The second kappa shape index (κ2) is 12.8. The molecule has 1 saturated heterocycles. The van der Waals surface area contributed by atoms with Gasteiger partial charge in [0.15, 0.2) is 5.84 Å². The highest BCUT2D eigenvalue weighted by molar-refractivity contribution is 6.48. The number of carbonyl (C=O) groups is 1. The van der Waals surface area contributed by atoms with Gasteiger partial charge in [0.25, 0.3) is 5.91 Å². The number of nitrogens with zero attached hydrogens (tertiary/aromatic N) is 3. The number of likely N-dealkylation sites (N-methyl/N-ethyl adjacent to an activating group) is 2. The molecule has 0 spiro atoms. The third-order valence-corrected chi connectivity index (χ3v) is 6.83. The maximum absolute atomic E-state index is 15.4. The molecule has 10 heteroatoms. The van der Waals surface area contributed by atoms with E-state index >= 15 is 4.39 Å². The van der Waals surface area contributed by atoms with Gasteiger partial charge in [-0.05, 0) is 43.1 Å². The van der Waals surface area contributed by atoms with Crippen molar-refractivity contribution in [1.82, 2.24) is 15.1 Å². The highest BCUT2D eigenvalue weighted by Gasteiger charge is 2.28. The second-order valence-corrected chi connectivity index (χ2v) is 9.64. The van der Waals surface area contributed by atoms with Crippen LogP contribution < -0.4 is 15.0 Å². The predicted octanol–water partition coefficient (Wildman–Crippen LogP) is 3.75. The molecular formula is C28H39FN6O3. The van der Waals surface area contributed by atoms with Crippen LogP contribution in [0.3, 0.4) is 0 Å². The van der Waals surface area contributed by atoms with E-state index in [1.807, 2.05) is 13.8 Å². The van der Waals surface area contributed by atoms with Gasteiger partial charge in [-0.25, -0.2) is 4.39 Å². The molecule has 206 valence electrons. The fraction of sp³-hybridized carbons (Fsp3) is 0.464. The number of benzene rings is 2. The Morgan fingerprint density at radius 1 is 1.13 bits per heavy atom. The number of methoxy groups -OCH3 is 1. The Morgan fingerprint density at radius 3 is 2.34 bits per heavy atom. The smallest absolute Gasteiger partial charge is 0.287 e. The summed E-state index contributed by atoms with van der Waals surface area (Å²) in [7, 11) is 1.50. The topological polar surface area (TPSA) is 116 Å². The van der Waals surface area contributed by atoms with Gasteiger partial charge in [-0.1, -0.05) is 26.8 Å². The molecule has 3 rings (SSSR count). The summed E-state index contributed by atoms with van der Waals surface area (Å²) in [5, 5.41) is 30.8. The zero-order chi connectivity index (χ0) is 28.0. The summed E-state index contributed by atoms with van der Waals surface area (Å²) in [5.74, 6) is -1.84. The molecule has 1 heterocycles. The summed E-state index contributed by atoms with van der Waals surface area (Å²) in [6.07, 6.45) is 0. The van der Waals surface area contributed by atoms with Crippen molar-refractivity contribution in [1.29, 1.82) is 10.8 Å². The van der Waals surface area contributed by atoms with Crippen molar-refractivity contribution in [2.24, 2.45) is 0 Å². The first kappa shape index (κ1) is 29.1. The maximum Gasteiger partial charge on any atom is 0.287 e. The SMILES string of the molecule is CCNC(=O)C(=N)N(C(=N)c1cc(C(C)C)c(OC)cc1O)c1ccc(CN2CCN(CC)CC2)c(F)c1. The van der Waals surface area contributed by atoms with Crippen LogP contribution in [0.1, 0.15) is 50.3 Å². The number of aromatic hydroxyl groups is 1. The Hall–Kier alpha value is -3.50. The van der Waals surface area contributed by atoms with Crippen molar-refractivity contribution in [3.8, 4) is 11.5 Å². The first-order valence-electron chi connectivity index (χ1n) is 13.0. The summed E-state index contributed by atoms with van der Waals surface area (Å²) in [4.78, 5) is 18.3. The average Bonchev–Trinajstić information content (AvgIpc) is 2.90. The fourth-order valence-electron chi connectivity index (χ4n) is 4.55. The Morgan fingerprint density at radius 2 is 1.79 bits per heavy atom. The number of hydrogen-bond acceptors (Lipinski definition) is 7. The molecule has 1 aliphatic heterocycles. The maximum atomic E-state index is 15.4. The lowest BCUT2D eigenvalue weighted by molar-refractivity contribution is -0.114. The minimum atomic E-state index is -0.715. The largest absolute Gasteiger partial charge is 0.507 e. The van der Waals surface area contributed by atoms with E-state index in [-0.39, 0.29) is 35.3 Å². The summed E-state index contributed by atoms with van der Waals surface area (Å²) in [6.45, 7) is 13.1. The van der Waals surface area contributed by atoms with Crippen LogP contribution in [0.25, 0.3) is 0 Å². The van der Waals surface area contributed by atoms with Gasteiger partial charge in [0.05, 0.1) is 18.4 Å². The van der Waals surface area contributed by atoms with E-state index in [4.69, 9.17) is 15.6 Å². The minimum Gasteiger partial charge on any atom is -0.507 e. The van der Waals surface area contributed by atoms with Crippen LogP contribution in [0.4, 0.5) is 10.1 Å². The van der Waals surface area contributed by atoms with E-state index < -0.39 is 17.6 Å². The van der Waals surface area contributed by atoms with Crippen molar-refractivity contribution in [3.63, 3.8) is 0 Å². The van der Waals surface area contributed by atoms with Gasteiger partial charge < -0.3 is 20.1 Å². The molecule has 2 aromatic rings. The van der Waals surface area contributed by atoms with Gasteiger partial charge in [-0.2, -0.15) is 0 Å². The zero-order valence-electron chi connectivity index (χ0n) is 22.9. The van der Waals surface area contributed by atoms with Crippen molar-refractivity contribution in [2.75, 3.05) is 51.3 Å². The third-order valence-electron chi connectivity index (χ3n) is 6.83. The Kier molecular flexibility index (Phi) is 9.82. The van der Waals surface area contributed by atoms with Crippen LogP contribution in [0.15, 0.2) is 30.3 Å². The number of rotatable bonds is 8. The van der Waals surface area contributed by atoms with E-state index in [1.165, 1.54) is 19.2 Å². The number of hydrogen-bond donors (Lipinski definition) is 4. The number of piperazine rings is 1. The second-order valence-electron chi connectivity index (χ2n) is 9.64. The first-order chi connectivity index (χ1) is 18.1. The summed E-state index contributed by atoms with van der Waals surface area (Å²) < 4.78 is 20.7. The molecule has 0 aromatic heterocycles. The van der Waals surface area contributed by atoms with Gasteiger partial charge >= 0.3 is 0 Å². The van der Waals surface area contributed by atoms with Gasteiger partial charge in [-0.15, -0.1) is 0 Å². The van der Waals surface area contributed by atoms with E-state index in [2.05, 4.69) is 22.0 Å². The van der Waals surface area contributed by atoms with Crippen molar-refractivity contribution in [3.05, 3.63) is 52.8 Å². The lowest BCUT2D eigenvalue weighted by Crippen LogP contribution is -2.46. The quantitative estimate of drug-likeness (QED) is 0.308. The average molecular weight is 527 g/mol. The van der Waals surface area contributed by atoms with Crippen LogP contribution in [0.2, 0.25) is 0 Å². The van der Waals surface area contributed by atoms with Gasteiger partial charge in [0.2, 0.25) is 0 Å². The molecule has 0 atom stereocenters. The number of phenols is 1. The molecular weight excluding hydrogens is 487 g/mol. The molecule has 0 radical (unpaired) electrons.